The smallest absolute Gasteiger partial charge is 0.263 e. The molecule has 0 N–H and O–H groups in total. The van der Waals surface area contributed by atoms with Gasteiger partial charge in [-0.3, -0.25) is 4.79 Å². The number of rotatable bonds is 8. The van der Waals surface area contributed by atoms with E-state index in [0.717, 1.165) is 13.1 Å². The van der Waals surface area contributed by atoms with Crippen LogP contribution < -0.4 is 4.90 Å². The summed E-state index contributed by atoms with van der Waals surface area (Å²) in [4.78, 5) is 16.9. The van der Waals surface area contributed by atoms with Crippen LogP contribution in [-0.2, 0) is 6.42 Å². The van der Waals surface area contributed by atoms with Crippen molar-refractivity contribution < 1.29 is 13.7 Å². The summed E-state index contributed by atoms with van der Waals surface area (Å²) >= 11 is 0. The first kappa shape index (κ1) is 19.1. The Balaban J connectivity index is 2.38. The van der Waals surface area contributed by atoms with E-state index < -0.39 is 5.82 Å². The van der Waals surface area contributed by atoms with Gasteiger partial charge in [-0.05, 0) is 38.6 Å². The topological polar surface area (TPSA) is 49.6 Å². The Hall–Kier alpha value is -2.21. The number of para-hydroxylation sites is 1. The lowest BCUT2D eigenvalue weighted by Crippen LogP contribution is -2.39. The molecule has 0 aliphatic rings. The van der Waals surface area contributed by atoms with Crippen LogP contribution in [0.2, 0.25) is 0 Å². The van der Waals surface area contributed by atoms with Gasteiger partial charge in [0.1, 0.15) is 17.1 Å². The van der Waals surface area contributed by atoms with Crippen molar-refractivity contribution in [2.45, 2.75) is 34.1 Å². The summed E-state index contributed by atoms with van der Waals surface area (Å²) in [7, 11) is 0. The SMILES string of the molecule is CCc1noc(C)c1C(=O)N(CCN(CC)CC)c1ccccc1F. The highest BCUT2D eigenvalue weighted by molar-refractivity contribution is 6.07. The van der Waals surface area contributed by atoms with Crippen molar-refractivity contribution in [3.8, 4) is 0 Å². The van der Waals surface area contributed by atoms with Crippen LogP contribution in [0, 0.1) is 12.7 Å². The molecule has 0 saturated heterocycles. The van der Waals surface area contributed by atoms with Crippen molar-refractivity contribution in [1.29, 1.82) is 0 Å². The van der Waals surface area contributed by atoms with Gasteiger partial charge in [0, 0.05) is 13.1 Å². The lowest BCUT2D eigenvalue weighted by Gasteiger charge is -2.27. The van der Waals surface area contributed by atoms with Crippen LogP contribution in [0.1, 0.15) is 42.6 Å². The number of amides is 1. The number of aryl methyl sites for hydroxylation is 2. The number of nitrogens with zero attached hydrogens (tertiary/aromatic N) is 3. The van der Waals surface area contributed by atoms with E-state index >= 15 is 0 Å². The summed E-state index contributed by atoms with van der Waals surface area (Å²) in [6.07, 6.45) is 0.583. The second kappa shape index (κ2) is 8.76. The van der Waals surface area contributed by atoms with Crippen molar-refractivity contribution in [3.63, 3.8) is 0 Å². The Morgan fingerprint density at radius 2 is 1.84 bits per heavy atom. The Bertz CT molecular complexity index is 710. The number of aromatic nitrogens is 1. The monoisotopic (exact) mass is 347 g/mol. The number of halogens is 1. The minimum absolute atomic E-state index is 0.271. The summed E-state index contributed by atoms with van der Waals surface area (Å²) in [5.74, 6) is -0.221. The molecule has 136 valence electrons. The lowest BCUT2D eigenvalue weighted by atomic mass is 10.1. The molecular formula is C19H26FN3O2. The average Bonchev–Trinajstić information content (AvgIpc) is 3.00. The summed E-state index contributed by atoms with van der Waals surface area (Å²) in [6, 6.07) is 6.35. The van der Waals surface area contributed by atoms with E-state index in [4.69, 9.17) is 4.52 Å². The summed E-state index contributed by atoms with van der Waals surface area (Å²) in [5, 5.41) is 3.95. The molecule has 0 saturated carbocycles. The van der Waals surface area contributed by atoms with E-state index in [1.165, 1.54) is 11.0 Å². The molecule has 5 nitrogen and oxygen atoms in total. The number of hydrogen-bond acceptors (Lipinski definition) is 4. The van der Waals surface area contributed by atoms with Crippen LogP contribution in [-0.4, -0.2) is 42.1 Å². The third-order valence-electron chi connectivity index (χ3n) is 4.40. The molecule has 0 bridgehead atoms. The fourth-order valence-corrected chi connectivity index (χ4v) is 2.85. The van der Waals surface area contributed by atoms with Gasteiger partial charge in [0.2, 0.25) is 0 Å². The standard InChI is InChI=1S/C19H26FN3O2/c1-5-16-18(14(4)25-21-16)19(24)23(13-12-22(6-2)7-3)17-11-9-8-10-15(17)20/h8-11H,5-7,12-13H2,1-4H3. The minimum atomic E-state index is -0.414. The van der Waals surface area contributed by atoms with E-state index in [1.54, 1.807) is 25.1 Å². The molecule has 2 aromatic rings. The maximum absolute atomic E-state index is 14.4. The van der Waals surface area contributed by atoms with E-state index in [2.05, 4.69) is 23.9 Å². The maximum Gasteiger partial charge on any atom is 0.263 e. The van der Waals surface area contributed by atoms with Crippen molar-refractivity contribution in [2.24, 2.45) is 0 Å². The molecule has 0 aliphatic carbocycles. The van der Waals surface area contributed by atoms with Gasteiger partial charge < -0.3 is 14.3 Å². The zero-order valence-corrected chi connectivity index (χ0v) is 15.4. The number of hydrogen-bond donors (Lipinski definition) is 0. The predicted octanol–water partition coefficient (Wildman–Crippen LogP) is 3.67. The van der Waals surface area contributed by atoms with Gasteiger partial charge in [0.15, 0.2) is 0 Å². The van der Waals surface area contributed by atoms with Gasteiger partial charge in [-0.15, -0.1) is 0 Å². The summed E-state index contributed by atoms with van der Waals surface area (Å²) < 4.78 is 19.6. The maximum atomic E-state index is 14.4. The third kappa shape index (κ3) is 4.25. The quantitative estimate of drug-likeness (QED) is 0.731. The molecule has 1 amide bonds. The molecule has 1 heterocycles. The van der Waals surface area contributed by atoms with E-state index in [-0.39, 0.29) is 11.6 Å². The first-order valence-electron chi connectivity index (χ1n) is 8.77. The highest BCUT2D eigenvalue weighted by Crippen LogP contribution is 2.24. The van der Waals surface area contributed by atoms with Crippen molar-refractivity contribution >= 4 is 11.6 Å². The highest BCUT2D eigenvalue weighted by atomic mass is 19.1. The second-order valence-electron chi connectivity index (χ2n) is 5.85. The van der Waals surface area contributed by atoms with Gasteiger partial charge in [-0.2, -0.15) is 0 Å². The van der Waals surface area contributed by atoms with Crippen molar-refractivity contribution in [1.82, 2.24) is 10.1 Å². The third-order valence-corrected chi connectivity index (χ3v) is 4.40. The largest absolute Gasteiger partial charge is 0.361 e. The number of carbonyl (C=O) groups excluding carboxylic acids is 1. The number of anilines is 1. The second-order valence-corrected chi connectivity index (χ2v) is 5.85. The molecule has 0 spiro atoms. The highest BCUT2D eigenvalue weighted by Gasteiger charge is 2.27. The number of benzene rings is 1. The van der Waals surface area contributed by atoms with Crippen LogP contribution in [0.5, 0.6) is 0 Å². The molecule has 25 heavy (non-hydrogen) atoms. The molecule has 0 radical (unpaired) electrons. The molecule has 0 atom stereocenters. The normalized spacial score (nSPS) is 11.1. The molecule has 1 aromatic heterocycles. The zero-order valence-electron chi connectivity index (χ0n) is 15.4. The Kier molecular flexibility index (Phi) is 6.70. The van der Waals surface area contributed by atoms with Crippen molar-refractivity contribution in [3.05, 3.63) is 47.1 Å². The average molecular weight is 347 g/mol. The van der Waals surface area contributed by atoms with E-state index in [9.17, 15) is 9.18 Å². The van der Waals surface area contributed by atoms with Gasteiger partial charge >= 0.3 is 0 Å². The lowest BCUT2D eigenvalue weighted by molar-refractivity contribution is 0.0980. The van der Waals surface area contributed by atoms with Crippen LogP contribution in [0.3, 0.4) is 0 Å². The Labute approximate surface area is 148 Å². The zero-order chi connectivity index (χ0) is 18.4. The Morgan fingerprint density at radius 3 is 2.44 bits per heavy atom. The fraction of sp³-hybridized carbons (Fsp3) is 0.474. The van der Waals surface area contributed by atoms with Crippen molar-refractivity contribution in [2.75, 3.05) is 31.1 Å². The minimum Gasteiger partial charge on any atom is -0.361 e. The Morgan fingerprint density at radius 1 is 1.16 bits per heavy atom. The molecule has 2 rings (SSSR count). The summed E-state index contributed by atoms with van der Waals surface area (Å²) in [5.41, 5.74) is 1.32. The fourth-order valence-electron chi connectivity index (χ4n) is 2.85. The molecule has 0 unspecified atom stereocenters. The molecule has 6 heteroatoms. The molecule has 1 aromatic carbocycles. The van der Waals surface area contributed by atoms with Gasteiger partial charge in [-0.1, -0.05) is 38.1 Å². The number of carbonyl (C=O) groups is 1. The van der Waals surface area contributed by atoms with Gasteiger partial charge in [0.25, 0.3) is 5.91 Å². The van der Waals surface area contributed by atoms with Gasteiger partial charge in [-0.25, -0.2) is 4.39 Å². The predicted molar refractivity (Wildman–Crippen MR) is 96.5 cm³/mol. The van der Waals surface area contributed by atoms with E-state index in [1.807, 2.05) is 6.92 Å². The first-order valence-corrected chi connectivity index (χ1v) is 8.77. The number of likely N-dealkylation sites (N-methyl/N-ethyl adjacent to an activating group) is 1. The van der Waals surface area contributed by atoms with Crippen LogP contribution >= 0.6 is 0 Å². The van der Waals surface area contributed by atoms with Gasteiger partial charge in [0.05, 0.1) is 11.4 Å². The molecule has 0 fully saturated rings. The molecular weight excluding hydrogens is 321 g/mol. The molecule has 0 aliphatic heterocycles. The van der Waals surface area contributed by atoms with E-state index in [0.29, 0.717) is 36.5 Å². The first-order chi connectivity index (χ1) is 12.0. The van der Waals surface area contributed by atoms with Crippen LogP contribution in [0.4, 0.5) is 10.1 Å². The summed E-state index contributed by atoms with van der Waals surface area (Å²) in [6.45, 7) is 10.6. The van der Waals surface area contributed by atoms with Crippen LogP contribution in [0.25, 0.3) is 0 Å². The van der Waals surface area contributed by atoms with Crippen LogP contribution in [0.15, 0.2) is 28.8 Å².